The number of amides is 3. The number of carbonyl (C=O) groups excluding carboxylic acids is 3. The Kier molecular flexibility index (Phi) is 9.54. The number of rotatable bonds is 12. The largest absolute Gasteiger partial charge is 0.481 e. The predicted octanol–water partition coefficient (Wildman–Crippen LogP) is -1.15. The highest BCUT2D eigenvalue weighted by Crippen LogP contribution is 2.20. The van der Waals surface area contributed by atoms with Crippen molar-refractivity contribution < 1.29 is 34.2 Å². The molecule has 2 heterocycles. The maximum absolute atomic E-state index is 13.2. The summed E-state index contributed by atoms with van der Waals surface area (Å²) in [7, 11) is 0. The maximum Gasteiger partial charge on any atom is 0.326 e. The smallest absolute Gasteiger partial charge is 0.326 e. The molecule has 1 aliphatic heterocycles. The van der Waals surface area contributed by atoms with Gasteiger partial charge in [0.15, 0.2) is 0 Å². The number of carboxylic acid groups (broad SMARTS) is 2. The Morgan fingerprint density at radius 3 is 2.41 bits per heavy atom. The van der Waals surface area contributed by atoms with E-state index in [-0.39, 0.29) is 25.3 Å². The predicted molar refractivity (Wildman–Crippen MR) is 118 cm³/mol. The Hall–Kier alpha value is -3.48. The number of carboxylic acids is 2. The van der Waals surface area contributed by atoms with Gasteiger partial charge in [-0.3, -0.25) is 19.2 Å². The van der Waals surface area contributed by atoms with Crippen LogP contribution in [0.2, 0.25) is 0 Å². The van der Waals surface area contributed by atoms with E-state index in [9.17, 15) is 29.1 Å². The van der Waals surface area contributed by atoms with Crippen LogP contribution < -0.4 is 16.4 Å². The Bertz CT molecular complexity index is 888. The molecular formula is C21H32N6O7. The van der Waals surface area contributed by atoms with E-state index in [2.05, 4.69) is 20.6 Å². The standard InChI is InChI=1S/C21H32N6O7/c1-11(2)6-15(20(32)27-5-3-4-16(27)21(33)34)26-19(31)14(7-12-9-23-10-24-12)25-18(30)13(22)8-17(28)29/h9-11,13-16H,3-8,22H2,1-2H3,(H,23,24)(H,25,30)(H,26,31)(H,28,29)(H,33,34). The molecule has 1 aromatic rings. The molecule has 1 aromatic heterocycles. The van der Waals surface area contributed by atoms with E-state index < -0.39 is 60.2 Å². The van der Waals surface area contributed by atoms with Crippen molar-refractivity contribution in [3.05, 3.63) is 18.2 Å². The lowest BCUT2D eigenvalue weighted by Crippen LogP contribution is -2.58. The third-order valence-corrected chi connectivity index (χ3v) is 5.49. The lowest BCUT2D eigenvalue weighted by Gasteiger charge is -2.29. The summed E-state index contributed by atoms with van der Waals surface area (Å²) in [6, 6.07) is -4.50. The molecule has 13 heteroatoms. The highest BCUT2D eigenvalue weighted by molar-refractivity contribution is 5.95. The number of nitrogens with one attached hydrogen (secondary N) is 3. The number of hydrogen-bond acceptors (Lipinski definition) is 7. The molecule has 0 aromatic carbocycles. The summed E-state index contributed by atoms with van der Waals surface area (Å²) in [5.74, 6) is -4.38. The molecule has 7 N–H and O–H groups in total. The number of imidazole rings is 1. The van der Waals surface area contributed by atoms with Crippen LogP contribution in [-0.2, 0) is 30.4 Å². The van der Waals surface area contributed by atoms with Gasteiger partial charge in [0.05, 0.1) is 18.8 Å². The monoisotopic (exact) mass is 480 g/mol. The van der Waals surface area contributed by atoms with E-state index in [0.29, 0.717) is 18.5 Å². The Morgan fingerprint density at radius 2 is 1.85 bits per heavy atom. The van der Waals surface area contributed by atoms with Crippen LogP contribution in [0.5, 0.6) is 0 Å². The summed E-state index contributed by atoms with van der Waals surface area (Å²) < 4.78 is 0. The van der Waals surface area contributed by atoms with Crippen molar-refractivity contribution >= 4 is 29.7 Å². The molecule has 0 saturated carbocycles. The molecule has 1 aliphatic rings. The van der Waals surface area contributed by atoms with Gasteiger partial charge in [0, 0.05) is 24.9 Å². The number of likely N-dealkylation sites (tertiary alicyclic amines) is 1. The topological polar surface area (TPSA) is 208 Å². The van der Waals surface area contributed by atoms with Crippen molar-refractivity contribution in [3.8, 4) is 0 Å². The van der Waals surface area contributed by atoms with Gasteiger partial charge in [0.2, 0.25) is 17.7 Å². The zero-order valence-corrected chi connectivity index (χ0v) is 19.2. The number of nitrogens with two attached hydrogens (primary N) is 1. The van der Waals surface area contributed by atoms with Gasteiger partial charge in [0.25, 0.3) is 0 Å². The molecule has 34 heavy (non-hydrogen) atoms. The molecule has 1 fully saturated rings. The van der Waals surface area contributed by atoms with Crippen LogP contribution in [0.3, 0.4) is 0 Å². The van der Waals surface area contributed by atoms with Gasteiger partial charge >= 0.3 is 11.9 Å². The minimum absolute atomic E-state index is 0.00441. The highest BCUT2D eigenvalue weighted by atomic mass is 16.4. The first kappa shape index (κ1) is 26.8. The van der Waals surface area contributed by atoms with Crippen LogP contribution >= 0.6 is 0 Å². The van der Waals surface area contributed by atoms with E-state index in [1.165, 1.54) is 17.4 Å². The molecule has 0 aliphatic carbocycles. The lowest BCUT2D eigenvalue weighted by atomic mass is 10.0. The first-order valence-electron chi connectivity index (χ1n) is 11.1. The SMILES string of the molecule is CC(C)CC(NC(=O)C(Cc1cnc[nH]1)NC(=O)C(N)CC(=O)O)C(=O)N1CCCC1C(=O)O. The molecule has 0 radical (unpaired) electrons. The van der Waals surface area contributed by atoms with Gasteiger partial charge in [-0.15, -0.1) is 0 Å². The normalized spacial score (nSPS) is 18.2. The summed E-state index contributed by atoms with van der Waals surface area (Å²) in [6.45, 7) is 4.00. The minimum Gasteiger partial charge on any atom is -0.481 e. The van der Waals surface area contributed by atoms with Gasteiger partial charge < -0.3 is 36.5 Å². The second kappa shape index (κ2) is 12.1. The highest BCUT2D eigenvalue weighted by Gasteiger charge is 2.38. The fraction of sp³-hybridized carbons (Fsp3) is 0.619. The summed E-state index contributed by atoms with van der Waals surface area (Å²) in [6.07, 6.45) is 3.37. The Morgan fingerprint density at radius 1 is 1.18 bits per heavy atom. The number of aliphatic carboxylic acids is 2. The third kappa shape index (κ3) is 7.54. The van der Waals surface area contributed by atoms with Gasteiger partial charge in [-0.1, -0.05) is 13.8 Å². The van der Waals surface area contributed by atoms with E-state index in [0.717, 1.165) is 0 Å². The fourth-order valence-electron chi connectivity index (χ4n) is 3.84. The zero-order chi connectivity index (χ0) is 25.4. The Labute approximate surface area is 196 Å². The van der Waals surface area contributed by atoms with E-state index >= 15 is 0 Å². The molecule has 2 rings (SSSR count). The van der Waals surface area contributed by atoms with Crippen molar-refractivity contribution in [2.45, 2.75) is 70.1 Å². The molecule has 4 unspecified atom stereocenters. The van der Waals surface area contributed by atoms with E-state index in [1.54, 1.807) is 0 Å². The average Bonchev–Trinajstić information content (AvgIpc) is 3.43. The number of carbonyl (C=O) groups is 5. The van der Waals surface area contributed by atoms with Gasteiger partial charge in [-0.2, -0.15) is 0 Å². The van der Waals surface area contributed by atoms with Crippen molar-refractivity contribution in [3.63, 3.8) is 0 Å². The summed E-state index contributed by atoms with van der Waals surface area (Å²) >= 11 is 0. The Balaban J connectivity index is 2.20. The van der Waals surface area contributed by atoms with Gasteiger partial charge in [0.1, 0.15) is 18.1 Å². The van der Waals surface area contributed by atoms with Crippen molar-refractivity contribution in [1.82, 2.24) is 25.5 Å². The quantitative estimate of drug-likeness (QED) is 0.213. The van der Waals surface area contributed by atoms with Crippen LogP contribution in [0.1, 0.15) is 45.2 Å². The fourth-order valence-corrected chi connectivity index (χ4v) is 3.84. The van der Waals surface area contributed by atoms with Crippen molar-refractivity contribution in [2.24, 2.45) is 11.7 Å². The molecular weight excluding hydrogens is 448 g/mol. The summed E-state index contributed by atoms with van der Waals surface area (Å²) in [5, 5.41) is 23.4. The van der Waals surface area contributed by atoms with Crippen LogP contribution in [0.25, 0.3) is 0 Å². The second-order valence-electron chi connectivity index (χ2n) is 8.77. The number of nitrogens with zero attached hydrogens (tertiary/aromatic N) is 2. The van der Waals surface area contributed by atoms with Crippen LogP contribution in [-0.4, -0.2) is 85.5 Å². The molecule has 13 nitrogen and oxygen atoms in total. The molecule has 0 spiro atoms. The van der Waals surface area contributed by atoms with Crippen molar-refractivity contribution in [2.75, 3.05) is 6.54 Å². The van der Waals surface area contributed by atoms with Crippen LogP contribution in [0.4, 0.5) is 0 Å². The van der Waals surface area contributed by atoms with E-state index in [4.69, 9.17) is 10.8 Å². The van der Waals surface area contributed by atoms with Crippen molar-refractivity contribution in [1.29, 1.82) is 0 Å². The summed E-state index contributed by atoms with van der Waals surface area (Å²) in [4.78, 5) is 69.1. The second-order valence-corrected chi connectivity index (χ2v) is 8.77. The molecule has 0 bridgehead atoms. The average molecular weight is 481 g/mol. The first-order chi connectivity index (χ1) is 16.0. The molecule has 1 saturated heterocycles. The van der Waals surface area contributed by atoms with E-state index in [1.807, 2.05) is 13.8 Å². The maximum atomic E-state index is 13.2. The van der Waals surface area contributed by atoms with Gasteiger partial charge in [-0.05, 0) is 25.2 Å². The first-order valence-corrected chi connectivity index (χ1v) is 11.1. The molecule has 188 valence electrons. The third-order valence-electron chi connectivity index (χ3n) is 5.49. The van der Waals surface area contributed by atoms with Gasteiger partial charge in [-0.25, -0.2) is 9.78 Å². The zero-order valence-electron chi connectivity index (χ0n) is 19.2. The number of aromatic nitrogens is 2. The van der Waals surface area contributed by atoms with Crippen LogP contribution in [0.15, 0.2) is 12.5 Å². The lowest BCUT2D eigenvalue weighted by molar-refractivity contribution is -0.149. The number of hydrogen-bond donors (Lipinski definition) is 6. The number of aromatic amines is 1. The number of H-pyrrole nitrogens is 1. The molecule has 3 amide bonds. The summed E-state index contributed by atoms with van der Waals surface area (Å²) in [5.41, 5.74) is 6.14. The van der Waals surface area contributed by atoms with Crippen LogP contribution in [0, 0.1) is 5.92 Å². The minimum atomic E-state index is -1.37. The molecule has 4 atom stereocenters.